The molecule has 2 heterocycles. The number of rotatable bonds is 4. The summed E-state index contributed by atoms with van der Waals surface area (Å²) in [5.41, 5.74) is 2.65. The predicted octanol–water partition coefficient (Wildman–Crippen LogP) is 4.78. The number of carbonyl (C=O) groups is 1. The highest BCUT2D eigenvalue weighted by Crippen LogP contribution is 2.29. The smallest absolute Gasteiger partial charge is 0.229 e. The number of hydrogen-bond donors (Lipinski definition) is 1. The van der Waals surface area contributed by atoms with Gasteiger partial charge in [0.05, 0.1) is 11.4 Å². The Morgan fingerprint density at radius 1 is 1.17 bits per heavy atom. The van der Waals surface area contributed by atoms with Crippen LogP contribution in [0.5, 0.6) is 0 Å². The maximum atomic E-state index is 13.0. The molecule has 1 N–H and O–H groups in total. The van der Waals surface area contributed by atoms with Gasteiger partial charge in [0.25, 0.3) is 0 Å². The summed E-state index contributed by atoms with van der Waals surface area (Å²) in [6.07, 6.45) is 3.55. The summed E-state index contributed by atoms with van der Waals surface area (Å²) in [5.74, 6) is -0.610. The second kappa shape index (κ2) is 6.89. The Bertz CT molecular complexity index is 836. The number of hydrogen-bond acceptors (Lipinski definition) is 3. The van der Waals surface area contributed by atoms with Crippen LogP contribution in [0.2, 0.25) is 5.02 Å². The summed E-state index contributed by atoms with van der Waals surface area (Å²) in [6.45, 7) is 0. The van der Waals surface area contributed by atoms with Crippen LogP contribution in [-0.2, 0) is 11.2 Å². The van der Waals surface area contributed by atoms with Crippen LogP contribution in [0.15, 0.2) is 54.2 Å². The third-order valence-electron chi connectivity index (χ3n) is 3.24. The third kappa shape index (κ3) is 3.94. The molecule has 0 aliphatic carbocycles. The van der Waals surface area contributed by atoms with Gasteiger partial charge in [-0.1, -0.05) is 17.7 Å². The van der Waals surface area contributed by atoms with Crippen LogP contribution in [0.4, 0.5) is 9.39 Å². The standard InChI is InChI=1S/C17H12ClFN2OS/c18-15-9-14(19)2-1-12(15)7-16(22)21-17-8-13(10-23-17)11-3-5-20-6-4-11/h1-6,8-10H,7H2,(H,21,22). The predicted molar refractivity (Wildman–Crippen MR) is 91.3 cm³/mol. The molecule has 0 unspecified atom stereocenters. The van der Waals surface area contributed by atoms with Gasteiger partial charge in [0.15, 0.2) is 0 Å². The van der Waals surface area contributed by atoms with Crippen LogP contribution in [0.25, 0.3) is 11.1 Å². The summed E-state index contributed by atoms with van der Waals surface area (Å²) in [6, 6.07) is 9.74. The van der Waals surface area contributed by atoms with E-state index in [0.29, 0.717) is 5.56 Å². The van der Waals surface area contributed by atoms with Gasteiger partial charge in [-0.2, -0.15) is 0 Å². The van der Waals surface area contributed by atoms with Gasteiger partial charge >= 0.3 is 0 Å². The molecule has 3 nitrogen and oxygen atoms in total. The average Bonchev–Trinajstić information content (AvgIpc) is 2.99. The minimum Gasteiger partial charge on any atom is -0.317 e. The van der Waals surface area contributed by atoms with Crippen molar-refractivity contribution in [3.05, 3.63) is 70.6 Å². The maximum Gasteiger partial charge on any atom is 0.229 e. The zero-order valence-electron chi connectivity index (χ0n) is 11.9. The van der Waals surface area contributed by atoms with E-state index >= 15 is 0 Å². The number of thiophene rings is 1. The van der Waals surface area contributed by atoms with Gasteiger partial charge in [-0.3, -0.25) is 9.78 Å². The van der Waals surface area contributed by atoms with E-state index in [1.165, 1.54) is 29.5 Å². The first-order chi connectivity index (χ1) is 11.1. The van der Waals surface area contributed by atoms with E-state index < -0.39 is 5.82 Å². The number of pyridine rings is 1. The zero-order valence-corrected chi connectivity index (χ0v) is 13.5. The normalized spacial score (nSPS) is 10.5. The number of aromatic nitrogens is 1. The molecule has 3 aromatic rings. The Balaban J connectivity index is 1.68. The lowest BCUT2D eigenvalue weighted by molar-refractivity contribution is -0.115. The monoisotopic (exact) mass is 346 g/mol. The number of carbonyl (C=O) groups excluding carboxylic acids is 1. The van der Waals surface area contributed by atoms with Crippen molar-refractivity contribution in [3.63, 3.8) is 0 Å². The second-order valence-corrected chi connectivity index (χ2v) is 6.21. The van der Waals surface area contributed by atoms with E-state index in [1.807, 2.05) is 23.6 Å². The average molecular weight is 347 g/mol. The fraction of sp³-hybridized carbons (Fsp3) is 0.0588. The molecule has 0 aliphatic heterocycles. The van der Waals surface area contributed by atoms with Gasteiger partial charge in [-0.05, 0) is 47.0 Å². The Morgan fingerprint density at radius 3 is 2.70 bits per heavy atom. The third-order valence-corrected chi connectivity index (χ3v) is 4.44. The first kappa shape index (κ1) is 15.6. The lowest BCUT2D eigenvalue weighted by Crippen LogP contribution is -2.13. The molecular formula is C17H12ClFN2OS. The highest BCUT2D eigenvalue weighted by atomic mass is 35.5. The maximum absolute atomic E-state index is 13.0. The molecule has 0 spiro atoms. The summed E-state index contributed by atoms with van der Waals surface area (Å²) >= 11 is 7.38. The first-order valence-corrected chi connectivity index (χ1v) is 8.10. The van der Waals surface area contributed by atoms with E-state index in [1.54, 1.807) is 12.4 Å². The Labute approximate surface area is 141 Å². The van der Waals surface area contributed by atoms with E-state index in [9.17, 15) is 9.18 Å². The van der Waals surface area contributed by atoms with Gasteiger partial charge in [0, 0.05) is 22.8 Å². The number of nitrogens with zero attached hydrogens (tertiary/aromatic N) is 1. The van der Waals surface area contributed by atoms with Gasteiger partial charge in [0.2, 0.25) is 5.91 Å². The molecule has 0 aliphatic rings. The second-order valence-electron chi connectivity index (χ2n) is 4.90. The minimum absolute atomic E-state index is 0.0988. The molecule has 0 fully saturated rings. The van der Waals surface area contributed by atoms with Crippen LogP contribution < -0.4 is 5.32 Å². The number of amides is 1. The fourth-order valence-electron chi connectivity index (χ4n) is 2.12. The molecule has 1 aromatic carbocycles. The van der Waals surface area contributed by atoms with E-state index in [4.69, 9.17) is 11.6 Å². The van der Waals surface area contributed by atoms with E-state index in [2.05, 4.69) is 10.3 Å². The zero-order chi connectivity index (χ0) is 16.2. The minimum atomic E-state index is -0.417. The van der Waals surface area contributed by atoms with Crippen LogP contribution in [0.3, 0.4) is 0 Å². The van der Waals surface area contributed by atoms with Crippen molar-refractivity contribution in [1.29, 1.82) is 0 Å². The summed E-state index contributed by atoms with van der Waals surface area (Å²) in [5, 5.41) is 5.81. The van der Waals surface area contributed by atoms with Crippen molar-refractivity contribution in [3.8, 4) is 11.1 Å². The molecular weight excluding hydrogens is 335 g/mol. The molecule has 23 heavy (non-hydrogen) atoms. The van der Waals surface area contributed by atoms with Crippen LogP contribution in [0, 0.1) is 5.82 Å². The molecule has 3 rings (SSSR count). The molecule has 0 atom stereocenters. The molecule has 0 saturated heterocycles. The van der Waals surface area contributed by atoms with E-state index in [0.717, 1.165) is 16.1 Å². The molecule has 0 saturated carbocycles. The number of halogens is 2. The molecule has 0 bridgehead atoms. The Morgan fingerprint density at radius 2 is 1.96 bits per heavy atom. The molecule has 0 radical (unpaired) electrons. The van der Waals surface area contributed by atoms with Crippen LogP contribution >= 0.6 is 22.9 Å². The number of nitrogens with one attached hydrogen (secondary N) is 1. The van der Waals surface area contributed by atoms with Gasteiger partial charge in [-0.25, -0.2) is 4.39 Å². The molecule has 116 valence electrons. The Hall–Kier alpha value is -2.24. The summed E-state index contributed by atoms with van der Waals surface area (Å²) in [7, 11) is 0. The van der Waals surface area contributed by atoms with Gasteiger partial charge in [-0.15, -0.1) is 11.3 Å². The SMILES string of the molecule is O=C(Cc1ccc(F)cc1Cl)Nc1cc(-c2ccncc2)cs1. The quantitative estimate of drug-likeness (QED) is 0.738. The van der Waals surface area contributed by atoms with Crippen LogP contribution in [-0.4, -0.2) is 10.9 Å². The number of anilines is 1. The number of benzene rings is 1. The largest absolute Gasteiger partial charge is 0.317 e. The lowest BCUT2D eigenvalue weighted by Gasteiger charge is -2.05. The Kier molecular flexibility index (Phi) is 4.69. The van der Waals surface area contributed by atoms with Crippen molar-refractivity contribution in [1.82, 2.24) is 4.98 Å². The lowest BCUT2D eigenvalue weighted by atomic mass is 10.1. The fourth-order valence-corrected chi connectivity index (χ4v) is 3.18. The van der Waals surface area contributed by atoms with Crippen LogP contribution in [0.1, 0.15) is 5.56 Å². The molecule has 2 aromatic heterocycles. The van der Waals surface area contributed by atoms with Crippen molar-refractivity contribution in [2.75, 3.05) is 5.32 Å². The van der Waals surface area contributed by atoms with Crippen molar-refractivity contribution >= 4 is 33.8 Å². The summed E-state index contributed by atoms with van der Waals surface area (Å²) < 4.78 is 13.0. The van der Waals surface area contributed by atoms with Crippen molar-refractivity contribution in [2.45, 2.75) is 6.42 Å². The van der Waals surface area contributed by atoms with Gasteiger partial charge < -0.3 is 5.32 Å². The highest BCUT2D eigenvalue weighted by molar-refractivity contribution is 7.14. The first-order valence-electron chi connectivity index (χ1n) is 6.84. The molecule has 6 heteroatoms. The topological polar surface area (TPSA) is 42.0 Å². The van der Waals surface area contributed by atoms with Gasteiger partial charge in [0.1, 0.15) is 5.82 Å². The summed E-state index contributed by atoms with van der Waals surface area (Å²) in [4.78, 5) is 16.1. The molecule has 1 amide bonds. The highest BCUT2D eigenvalue weighted by Gasteiger charge is 2.10. The van der Waals surface area contributed by atoms with Crippen molar-refractivity contribution < 1.29 is 9.18 Å². The van der Waals surface area contributed by atoms with E-state index in [-0.39, 0.29) is 17.4 Å². The van der Waals surface area contributed by atoms with Crippen molar-refractivity contribution in [2.24, 2.45) is 0 Å².